The molecule has 0 radical (unpaired) electrons. The molecule has 4 amide bonds. The fourth-order valence-electron chi connectivity index (χ4n) is 5.84. The number of rotatable bonds is 31. The Morgan fingerprint density at radius 2 is 0.950 bits per heavy atom. The number of unbranched alkanes of at least 4 members (excludes halogenated alkanes) is 2. The van der Waals surface area contributed by atoms with Crippen molar-refractivity contribution in [3.05, 3.63) is 108 Å². The first kappa shape index (κ1) is 48.9. The van der Waals surface area contributed by atoms with Crippen molar-refractivity contribution in [3.63, 3.8) is 0 Å². The molecule has 3 aromatic carbocycles. The van der Waals surface area contributed by atoms with E-state index in [0.29, 0.717) is 91.2 Å². The van der Waals surface area contributed by atoms with E-state index in [9.17, 15) is 24.0 Å². The summed E-state index contributed by atoms with van der Waals surface area (Å²) in [4.78, 5) is 64.9. The Hall–Kier alpha value is -5.51. The number of ketones is 1. The van der Waals surface area contributed by atoms with Crippen LogP contribution >= 0.6 is 0 Å². The van der Waals surface area contributed by atoms with Crippen LogP contribution in [0.3, 0.4) is 0 Å². The van der Waals surface area contributed by atoms with Crippen LogP contribution in [0.1, 0.15) is 68.1 Å². The van der Waals surface area contributed by atoms with Gasteiger partial charge in [0, 0.05) is 45.7 Å². The second-order valence-electron chi connectivity index (χ2n) is 14.0. The molecule has 2 atom stereocenters. The minimum Gasteiger partial charge on any atom is -0.445 e. The van der Waals surface area contributed by atoms with Crippen LogP contribution < -0.4 is 21.3 Å². The highest BCUT2D eigenvalue weighted by Crippen LogP contribution is 2.17. The first-order valence-corrected chi connectivity index (χ1v) is 20.6. The van der Waals surface area contributed by atoms with Gasteiger partial charge in [0.15, 0.2) is 5.78 Å². The van der Waals surface area contributed by atoms with Gasteiger partial charge in [-0.05, 0) is 55.2 Å². The van der Waals surface area contributed by atoms with Crippen LogP contribution in [0.15, 0.2) is 91.0 Å². The van der Waals surface area contributed by atoms with Crippen molar-refractivity contribution in [1.82, 2.24) is 21.3 Å². The highest BCUT2D eigenvalue weighted by Gasteiger charge is 2.28. The normalized spacial score (nSPS) is 11.8. The molecular formula is C45H62N4O11. The number of Topliss-reactive ketones (excluding diaryl/α,β-unsaturated/α-hetero) is 1. The average molecular weight is 835 g/mol. The van der Waals surface area contributed by atoms with Crippen molar-refractivity contribution in [1.29, 1.82) is 0 Å². The maximum absolute atomic E-state index is 13.9. The van der Waals surface area contributed by atoms with E-state index in [2.05, 4.69) is 21.3 Å². The zero-order valence-electron chi connectivity index (χ0n) is 34.7. The van der Waals surface area contributed by atoms with E-state index in [4.69, 9.17) is 28.4 Å². The monoisotopic (exact) mass is 834 g/mol. The van der Waals surface area contributed by atoms with Crippen molar-refractivity contribution in [2.75, 3.05) is 59.8 Å². The molecule has 0 spiro atoms. The molecule has 4 N–H and O–H groups in total. The topological polar surface area (TPSA) is 189 Å². The molecule has 0 aliphatic rings. The van der Waals surface area contributed by atoms with Gasteiger partial charge in [0.25, 0.3) is 0 Å². The van der Waals surface area contributed by atoms with Crippen LogP contribution in [0.5, 0.6) is 0 Å². The summed E-state index contributed by atoms with van der Waals surface area (Å²) in [6.45, 7) is 3.55. The number of hydrogen-bond acceptors (Lipinski definition) is 11. The molecule has 15 nitrogen and oxygen atoms in total. The van der Waals surface area contributed by atoms with Gasteiger partial charge in [-0.1, -0.05) is 97.4 Å². The lowest BCUT2D eigenvalue weighted by molar-refractivity contribution is -0.130. The van der Waals surface area contributed by atoms with Gasteiger partial charge < -0.3 is 49.7 Å². The maximum atomic E-state index is 13.9. The minimum atomic E-state index is -0.936. The zero-order valence-corrected chi connectivity index (χ0v) is 34.7. The number of ether oxygens (including phenoxy) is 6. The van der Waals surface area contributed by atoms with Crippen LogP contribution in [0.4, 0.5) is 14.4 Å². The summed E-state index contributed by atoms with van der Waals surface area (Å²) in [6, 6.07) is 26.9. The second kappa shape index (κ2) is 31.4. The maximum Gasteiger partial charge on any atom is 0.408 e. The summed E-state index contributed by atoms with van der Waals surface area (Å²) in [5.74, 6) is -1.30. The summed E-state index contributed by atoms with van der Waals surface area (Å²) < 4.78 is 31.9. The molecule has 0 unspecified atom stereocenters. The largest absolute Gasteiger partial charge is 0.445 e. The average Bonchev–Trinajstić information content (AvgIpc) is 3.27. The number of methoxy groups -OCH3 is 1. The van der Waals surface area contributed by atoms with Gasteiger partial charge in [-0.15, -0.1) is 0 Å². The lowest BCUT2D eigenvalue weighted by atomic mass is 9.91. The lowest BCUT2D eigenvalue weighted by Crippen LogP contribution is -2.43. The van der Waals surface area contributed by atoms with Gasteiger partial charge in [0.1, 0.15) is 19.8 Å². The molecule has 0 saturated carbocycles. The SMILES string of the molecule is COCCOCCOCCCNC(=O)[C@H](CCCCNC(=O)OCc1ccccc1)CC(=O)[C@H](CCCCNC(=O)OCc1ccccc1)NC(=O)OCc1ccccc1. The van der Waals surface area contributed by atoms with Crippen LogP contribution in [0.25, 0.3) is 0 Å². The Morgan fingerprint density at radius 3 is 1.47 bits per heavy atom. The molecule has 60 heavy (non-hydrogen) atoms. The van der Waals surface area contributed by atoms with Crippen LogP contribution in [-0.2, 0) is 57.8 Å². The van der Waals surface area contributed by atoms with E-state index in [-0.39, 0.29) is 44.4 Å². The molecule has 3 rings (SSSR count). The van der Waals surface area contributed by atoms with Crippen molar-refractivity contribution in [3.8, 4) is 0 Å². The fraction of sp³-hybridized carbons (Fsp3) is 0.489. The first-order chi connectivity index (χ1) is 29.3. The van der Waals surface area contributed by atoms with E-state index in [1.54, 1.807) is 7.11 Å². The number of carbonyl (C=O) groups excluding carboxylic acids is 5. The standard InChI is InChI=1S/C45H62N4O11/c1-55-28-29-57-31-30-56-27-15-26-46-42(51)39(22-11-13-24-47-43(52)58-33-36-16-5-2-6-17-36)32-41(50)40(49-45(54)60-35-38-20-9-4-10-21-38)23-12-14-25-48-44(53)59-34-37-18-7-3-8-19-37/h2-10,16-21,39-40H,11-15,22-35H2,1H3,(H,46,51)(H,47,52)(H,48,53)(H,49,54)/t39-,40+/m1/s1. The number of alkyl carbamates (subject to hydrolysis) is 3. The molecule has 3 aromatic rings. The summed E-state index contributed by atoms with van der Waals surface area (Å²) >= 11 is 0. The second-order valence-corrected chi connectivity index (χ2v) is 14.0. The Balaban J connectivity index is 1.54. The molecule has 328 valence electrons. The summed E-state index contributed by atoms with van der Waals surface area (Å²) in [7, 11) is 1.61. The molecule has 0 saturated heterocycles. The summed E-state index contributed by atoms with van der Waals surface area (Å²) in [6.07, 6.45) is 1.30. The fourth-order valence-corrected chi connectivity index (χ4v) is 5.84. The van der Waals surface area contributed by atoms with E-state index < -0.39 is 30.2 Å². The van der Waals surface area contributed by atoms with Gasteiger partial charge in [-0.2, -0.15) is 0 Å². The third kappa shape index (κ3) is 23.2. The molecule has 0 aliphatic heterocycles. The minimum absolute atomic E-state index is 0.0199. The third-order valence-electron chi connectivity index (χ3n) is 9.14. The third-order valence-corrected chi connectivity index (χ3v) is 9.14. The Labute approximate surface area is 353 Å². The molecular weight excluding hydrogens is 773 g/mol. The smallest absolute Gasteiger partial charge is 0.408 e. The predicted octanol–water partition coefficient (Wildman–Crippen LogP) is 6.24. The number of nitrogens with one attached hydrogen (secondary N) is 4. The van der Waals surface area contributed by atoms with E-state index in [1.807, 2.05) is 91.0 Å². The number of hydrogen-bond donors (Lipinski definition) is 4. The molecule has 0 aromatic heterocycles. The highest BCUT2D eigenvalue weighted by atomic mass is 16.6. The first-order valence-electron chi connectivity index (χ1n) is 20.6. The number of carbonyl (C=O) groups is 5. The van der Waals surface area contributed by atoms with Crippen LogP contribution in [0.2, 0.25) is 0 Å². The van der Waals surface area contributed by atoms with Gasteiger partial charge >= 0.3 is 18.3 Å². The van der Waals surface area contributed by atoms with Crippen molar-refractivity contribution >= 4 is 30.0 Å². The van der Waals surface area contributed by atoms with E-state index >= 15 is 0 Å². The number of benzene rings is 3. The predicted molar refractivity (Wildman–Crippen MR) is 225 cm³/mol. The van der Waals surface area contributed by atoms with E-state index in [1.165, 1.54) is 0 Å². The van der Waals surface area contributed by atoms with E-state index in [0.717, 1.165) is 16.7 Å². The Bertz CT molecular complexity index is 1630. The van der Waals surface area contributed by atoms with Gasteiger partial charge in [-0.25, -0.2) is 14.4 Å². The molecule has 0 heterocycles. The molecule has 0 bridgehead atoms. The van der Waals surface area contributed by atoms with Crippen molar-refractivity contribution in [2.45, 2.75) is 77.2 Å². The van der Waals surface area contributed by atoms with Crippen molar-refractivity contribution < 1.29 is 52.4 Å². The van der Waals surface area contributed by atoms with Crippen LogP contribution in [0, 0.1) is 5.92 Å². The van der Waals surface area contributed by atoms with Crippen LogP contribution in [-0.4, -0.2) is 95.8 Å². The zero-order chi connectivity index (χ0) is 42.9. The highest BCUT2D eigenvalue weighted by molar-refractivity contribution is 5.91. The Kier molecular flexibility index (Phi) is 25.6. The lowest BCUT2D eigenvalue weighted by Gasteiger charge is -2.21. The van der Waals surface area contributed by atoms with Gasteiger partial charge in [0.2, 0.25) is 5.91 Å². The van der Waals surface area contributed by atoms with Crippen molar-refractivity contribution in [2.24, 2.45) is 5.92 Å². The number of amides is 4. The molecule has 15 heteroatoms. The molecule has 0 aliphatic carbocycles. The summed E-state index contributed by atoms with van der Waals surface area (Å²) in [5, 5.41) is 11.1. The quantitative estimate of drug-likeness (QED) is 0.0425. The Morgan fingerprint density at radius 1 is 0.500 bits per heavy atom. The summed E-state index contributed by atoms with van der Waals surface area (Å²) in [5.41, 5.74) is 2.53. The van der Waals surface area contributed by atoms with Gasteiger partial charge in [-0.3, -0.25) is 9.59 Å². The van der Waals surface area contributed by atoms with Gasteiger partial charge in [0.05, 0.1) is 32.5 Å². The molecule has 0 fully saturated rings.